The van der Waals surface area contributed by atoms with Gasteiger partial charge in [0, 0.05) is 23.7 Å². The van der Waals surface area contributed by atoms with Crippen LogP contribution < -0.4 is 0 Å². The minimum absolute atomic E-state index is 0.00892. The summed E-state index contributed by atoms with van der Waals surface area (Å²) in [4.78, 5) is 4.68. The second-order valence-corrected chi connectivity index (χ2v) is 9.69. The van der Waals surface area contributed by atoms with Crippen molar-refractivity contribution in [1.29, 1.82) is 0 Å². The van der Waals surface area contributed by atoms with Gasteiger partial charge in [0.1, 0.15) is 5.82 Å². The molecule has 1 aromatic heterocycles. The molecule has 0 spiro atoms. The highest BCUT2D eigenvalue weighted by Crippen LogP contribution is 2.37. The molecule has 8 heteroatoms. The Bertz CT molecular complexity index is 1410. The van der Waals surface area contributed by atoms with E-state index in [1.54, 1.807) is 47.2 Å². The molecule has 0 bridgehead atoms. The maximum Gasteiger partial charge on any atom is 0.417 e. The number of aryl methyl sites for hydroxylation is 1. The van der Waals surface area contributed by atoms with E-state index in [1.807, 2.05) is 19.1 Å². The molecular formula is C25H21F3N2O2S. The maximum atomic E-state index is 13.6. The molecule has 0 aliphatic carbocycles. The van der Waals surface area contributed by atoms with Crippen LogP contribution in [0.4, 0.5) is 13.2 Å². The zero-order valence-corrected chi connectivity index (χ0v) is 18.8. The second kappa shape index (κ2) is 8.51. The van der Waals surface area contributed by atoms with Crippen LogP contribution in [0.5, 0.6) is 0 Å². The lowest BCUT2D eigenvalue weighted by molar-refractivity contribution is -0.137. The zero-order valence-electron chi connectivity index (χ0n) is 18.0. The zero-order chi connectivity index (χ0) is 23.8. The minimum Gasteiger partial charge on any atom is -0.300 e. The lowest BCUT2D eigenvalue weighted by Gasteiger charge is -2.14. The summed E-state index contributed by atoms with van der Waals surface area (Å²) in [5, 5.41) is 0. The SMILES string of the molecule is CCc1cn(-c2ccc(-c3cccc(S(C)(=O)=O)c3)cc2)c(-c2ccccc2C(F)(F)F)n1. The standard InChI is InChI=1S/C25H21F3N2O2S/c1-3-19-16-30(24(29-19)22-9-4-5-10-23(22)25(26,27)28)20-13-11-17(12-14-20)18-7-6-8-21(15-18)33(2,31)32/h4-16H,3H2,1-2H3. The summed E-state index contributed by atoms with van der Waals surface area (Å²) in [7, 11) is -3.34. The molecule has 0 saturated carbocycles. The van der Waals surface area contributed by atoms with Crippen LogP contribution in [0.25, 0.3) is 28.2 Å². The Hall–Kier alpha value is -3.39. The van der Waals surface area contributed by atoms with E-state index < -0.39 is 21.6 Å². The summed E-state index contributed by atoms with van der Waals surface area (Å²) >= 11 is 0. The van der Waals surface area contributed by atoms with Gasteiger partial charge in [-0.1, -0.05) is 49.4 Å². The molecule has 4 rings (SSSR count). The van der Waals surface area contributed by atoms with Crippen molar-refractivity contribution in [2.45, 2.75) is 24.4 Å². The summed E-state index contributed by atoms with van der Waals surface area (Å²) in [5.74, 6) is 0.214. The lowest BCUT2D eigenvalue weighted by atomic mass is 10.0. The molecular weight excluding hydrogens is 449 g/mol. The predicted molar refractivity (Wildman–Crippen MR) is 122 cm³/mol. The topological polar surface area (TPSA) is 52.0 Å². The molecule has 3 aromatic carbocycles. The molecule has 0 radical (unpaired) electrons. The summed E-state index contributed by atoms with van der Waals surface area (Å²) < 4.78 is 66.3. The lowest BCUT2D eigenvalue weighted by Crippen LogP contribution is -2.08. The quantitative estimate of drug-likeness (QED) is 0.349. The highest BCUT2D eigenvalue weighted by molar-refractivity contribution is 7.90. The Balaban J connectivity index is 1.79. The average Bonchev–Trinajstić information content (AvgIpc) is 3.23. The number of hydrogen-bond donors (Lipinski definition) is 0. The third-order valence-corrected chi connectivity index (χ3v) is 6.44. The molecule has 4 aromatic rings. The Morgan fingerprint density at radius 3 is 2.24 bits per heavy atom. The van der Waals surface area contributed by atoms with E-state index in [1.165, 1.54) is 18.2 Å². The molecule has 0 N–H and O–H groups in total. The number of alkyl halides is 3. The van der Waals surface area contributed by atoms with Gasteiger partial charge < -0.3 is 0 Å². The molecule has 33 heavy (non-hydrogen) atoms. The third-order valence-electron chi connectivity index (χ3n) is 5.33. The smallest absolute Gasteiger partial charge is 0.300 e. The van der Waals surface area contributed by atoms with Gasteiger partial charge in [-0.25, -0.2) is 13.4 Å². The van der Waals surface area contributed by atoms with E-state index in [0.29, 0.717) is 17.8 Å². The van der Waals surface area contributed by atoms with Gasteiger partial charge in [0.25, 0.3) is 0 Å². The van der Waals surface area contributed by atoms with Crippen molar-refractivity contribution in [3.05, 3.63) is 90.3 Å². The highest BCUT2D eigenvalue weighted by Gasteiger charge is 2.34. The normalized spacial score (nSPS) is 12.2. The van der Waals surface area contributed by atoms with Crippen LogP contribution >= 0.6 is 0 Å². The third kappa shape index (κ3) is 4.71. The van der Waals surface area contributed by atoms with Gasteiger partial charge in [-0.05, 0) is 47.9 Å². The minimum atomic E-state index is -4.51. The van der Waals surface area contributed by atoms with Gasteiger partial charge >= 0.3 is 6.18 Å². The molecule has 0 atom stereocenters. The van der Waals surface area contributed by atoms with Crippen LogP contribution in [0.2, 0.25) is 0 Å². The maximum absolute atomic E-state index is 13.6. The van der Waals surface area contributed by atoms with Crippen molar-refractivity contribution >= 4 is 9.84 Å². The van der Waals surface area contributed by atoms with E-state index in [0.717, 1.165) is 23.4 Å². The summed E-state index contributed by atoms with van der Waals surface area (Å²) in [6.45, 7) is 1.89. The fraction of sp³-hybridized carbons (Fsp3) is 0.160. The molecule has 1 heterocycles. The number of rotatable bonds is 5. The van der Waals surface area contributed by atoms with Crippen LogP contribution in [0, 0.1) is 0 Å². The molecule has 0 unspecified atom stereocenters. The van der Waals surface area contributed by atoms with E-state index >= 15 is 0 Å². The number of aromatic nitrogens is 2. The largest absolute Gasteiger partial charge is 0.417 e. The first-order chi connectivity index (χ1) is 15.6. The van der Waals surface area contributed by atoms with Crippen molar-refractivity contribution in [2.75, 3.05) is 6.26 Å². The Kier molecular flexibility index (Phi) is 5.88. The van der Waals surface area contributed by atoms with Gasteiger partial charge in [0.2, 0.25) is 0 Å². The van der Waals surface area contributed by atoms with Crippen LogP contribution in [0.15, 0.2) is 83.9 Å². The van der Waals surface area contributed by atoms with Crippen LogP contribution in [-0.2, 0) is 22.4 Å². The first-order valence-electron chi connectivity index (χ1n) is 10.2. The van der Waals surface area contributed by atoms with Crippen molar-refractivity contribution in [1.82, 2.24) is 9.55 Å². The summed E-state index contributed by atoms with van der Waals surface area (Å²) in [6, 6.07) is 19.2. The molecule has 0 fully saturated rings. The average molecular weight is 471 g/mol. The van der Waals surface area contributed by atoms with E-state index in [-0.39, 0.29) is 16.3 Å². The molecule has 0 aliphatic heterocycles. The molecule has 4 nitrogen and oxygen atoms in total. The number of hydrogen-bond acceptors (Lipinski definition) is 3. The highest BCUT2D eigenvalue weighted by atomic mass is 32.2. The number of nitrogens with zero attached hydrogens (tertiary/aromatic N) is 2. The number of sulfone groups is 1. The van der Waals surface area contributed by atoms with Crippen LogP contribution in [-0.4, -0.2) is 24.2 Å². The van der Waals surface area contributed by atoms with Crippen LogP contribution in [0.3, 0.4) is 0 Å². The van der Waals surface area contributed by atoms with Gasteiger partial charge in [0.15, 0.2) is 9.84 Å². The predicted octanol–water partition coefficient (Wildman–Crippen LogP) is 6.19. The van der Waals surface area contributed by atoms with Gasteiger partial charge in [0.05, 0.1) is 16.2 Å². The number of benzene rings is 3. The van der Waals surface area contributed by atoms with E-state index in [4.69, 9.17) is 0 Å². The summed E-state index contributed by atoms with van der Waals surface area (Å²) in [6.07, 6.45) is -1.04. The van der Waals surface area contributed by atoms with Crippen molar-refractivity contribution in [2.24, 2.45) is 0 Å². The van der Waals surface area contributed by atoms with Crippen molar-refractivity contribution in [3.8, 4) is 28.2 Å². The van der Waals surface area contributed by atoms with Gasteiger partial charge in [-0.3, -0.25) is 4.57 Å². The monoisotopic (exact) mass is 470 g/mol. The van der Waals surface area contributed by atoms with Crippen molar-refractivity contribution < 1.29 is 21.6 Å². The fourth-order valence-electron chi connectivity index (χ4n) is 3.63. The number of halogens is 3. The second-order valence-electron chi connectivity index (χ2n) is 7.67. The molecule has 0 aliphatic rings. The Labute approximate surface area is 190 Å². The first-order valence-corrected chi connectivity index (χ1v) is 12.1. The molecule has 170 valence electrons. The van der Waals surface area contributed by atoms with E-state index in [2.05, 4.69) is 4.98 Å². The first kappa shape index (κ1) is 22.8. The molecule has 0 saturated heterocycles. The Morgan fingerprint density at radius 1 is 0.909 bits per heavy atom. The Morgan fingerprint density at radius 2 is 1.61 bits per heavy atom. The summed E-state index contributed by atoms with van der Waals surface area (Å²) in [5.41, 5.74) is 2.11. The fourth-order valence-corrected chi connectivity index (χ4v) is 4.30. The molecule has 0 amide bonds. The van der Waals surface area contributed by atoms with Gasteiger partial charge in [-0.2, -0.15) is 13.2 Å². The van der Waals surface area contributed by atoms with Crippen LogP contribution in [0.1, 0.15) is 18.2 Å². The van der Waals surface area contributed by atoms with Crippen molar-refractivity contribution in [3.63, 3.8) is 0 Å². The number of imidazole rings is 1. The van der Waals surface area contributed by atoms with E-state index in [9.17, 15) is 21.6 Å². The van der Waals surface area contributed by atoms with Gasteiger partial charge in [-0.15, -0.1) is 0 Å².